The van der Waals surface area contributed by atoms with Gasteiger partial charge in [-0.15, -0.1) is 21.5 Å². The molecule has 2 aromatic heterocycles. The molecule has 53 heavy (non-hydrogen) atoms. The smallest absolute Gasteiger partial charge is 0.253 e. The van der Waals surface area contributed by atoms with Crippen LogP contribution in [-0.4, -0.2) is 68.3 Å². The third-order valence-electron chi connectivity index (χ3n) is 10.6. The number of hydrogen-bond acceptors (Lipinski definition) is 8. The number of fused-ring (bicyclic) bond motifs is 4. The van der Waals surface area contributed by atoms with Crippen molar-refractivity contribution in [3.63, 3.8) is 0 Å². The van der Waals surface area contributed by atoms with Gasteiger partial charge in [0.2, 0.25) is 5.91 Å². The van der Waals surface area contributed by atoms with Crippen LogP contribution in [-0.2, 0) is 11.3 Å². The second kappa shape index (κ2) is 13.7. The first-order chi connectivity index (χ1) is 25.6. The molecule has 1 fully saturated rings. The molecule has 3 aromatic carbocycles. The standard InChI is InChI=1S/C41H42N8O3S/c1-6-36(50)48-23(2)19-33(32-9-7-8-10-34(32)48)43-30-17-15-28(16-18-30)39(51)44-31-21-47(22-31)40(52)29-13-11-27(12-14-29)38-37-24(3)25(4)53-41(37)49-26(5)45-46-35(49)20-42-38/h7-18,23,31,33,43H,6,19-22H2,1-5H3,(H,44,51)/t23-,33+/m0/s1. The summed E-state index contributed by atoms with van der Waals surface area (Å²) in [6.45, 7) is 11.5. The Balaban J connectivity index is 0.873. The second-order valence-corrected chi connectivity index (χ2v) is 15.3. The lowest BCUT2D eigenvalue weighted by Gasteiger charge is -2.40. The van der Waals surface area contributed by atoms with Gasteiger partial charge in [-0.3, -0.25) is 23.9 Å². The third-order valence-corrected chi connectivity index (χ3v) is 11.8. The summed E-state index contributed by atoms with van der Waals surface area (Å²) in [4.78, 5) is 49.1. The van der Waals surface area contributed by atoms with Crippen LogP contribution in [0.2, 0.25) is 0 Å². The highest BCUT2D eigenvalue weighted by molar-refractivity contribution is 7.15. The molecule has 0 spiro atoms. The van der Waals surface area contributed by atoms with Crippen LogP contribution < -0.4 is 15.5 Å². The minimum Gasteiger partial charge on any atom is -0.378 e. The highest BCUT2D eigenvalue weighted by atomic mass is 32.1. The third kappa shape index (κ3) is 6.20. The quantitative estimate of drug-likeness (QED) is 0.196. The molecule has 1 saturated heterocycles. The molecule has 0 aliphatic carbocycles. The number of likely N-dealkylation sites (tertiary alicyclic amines) is 1. The van der Waals surface area contributed by atoms with Gasteiger partial charge in [0.1, 0.15) is 17.4 Å². The molecule has 3 aliphatic rings. The molecule has 8 rings (SSSR count). The van der Waals surface area contributed by atoms with E-state index in [2.05, 4.69) is 52.2 Å². The minimum absolute atomic E-state index is 0.0393. The zero-order chi connectivity index (χ0) is 37.0. The number of nitrogens with zero attached hydrogens (tertiary/aromatic N) is 6. The Labute approximate surface area is 312 Å². The van der Waals surface area contributed by atoms with Gasteiger partial charge in [-0.1, -0.05) is 37.3 Å². The van der Waals surface area contributed by atoms with Gasteiger partial charge in [0.15, 0.2) is 5.82 Å². The van der Waals surface area contributed by atoms with Gasteiger partial charge in [-0.05, 0) is 87.7 Å². The number of benzene rings is 3. The summed E-state index contributed by atoms with van der Waals surface area (Å²) < 4.78 is 2.10. The Morgan fingerprint density at radius 2 is 1.62 bits per heavy atom. The van der Waals surface area contributed by atoms with Crippen LogP contribution in [0.5, 0.6) is 0 Å². The lowest BCUT2D eigenvalue weighted by atomic mass is 9.91. The van der Waals surface area contributed by atoms with Crippen molar-refractivity contribution in [3.05, 3.63) is 123 Å². The van der Waals surface area contributed by atoms with E-state index in [1.807, 2.05) is 85.5 Å². The fourth-order valence-corrected chi connectivity index (χ4v) is 8.88. The Kier molecular flexibility index (Phi) is 8.93. The predicted octanol–water partition coefficient (Wildman–Crippen LogP) is 6.55. The van der Waals surface area contributed by atoms with Gasteiger partial charge in [0.05, 0.1) is 17.8 Å². The first kappa shape index (κ1) is 34.5. The summed E-state index contributed by atoms with van der Waals surface area (Å²) in [5.41, 5.74) is 8.22. The van der Waals surface area contributed by atoms with E-state index >= 15 is 0 Å². The number of amides is 3. The van der Waals surface area contributed by atoms with E-state index < -0.39 is 0 Å². The van der Waals surface area contributed by atoms with Crippen molar-refractivity contribution < 1.29 is 14.4 Å². The Morgan fingerprint density at radius 1 is 0.906 bits per heavy atom. The van der Waals surface area contributed by atoms with Crippen molar-refractivity contribution in [1.82, 2.24) is 25.0 Å². The normalized spacial score (nSPS) is 17.9. The van der Waals surface area contributed by atoms with Gasteiger partial charge in [0, 0.05) is 64.1 Å². The van der Waals surface area contributed by atoms with Gasteiger partial charge in [0.25, 0.3) is 11.8 Å². The molecule has 3 aliphatic heterocycles. The number of nitrogens with one attached hydrogen (secondary N) is 2. The molecule has 0 unspecified atom stereocenters. The van der Waals surface area contributed by atoms with Crippen molar-refractivity contribution in [2.45, 2.75) is 72.1 Å². The largest absolute Gasteiger partial charge is 0.378 e. The van der Waals surface area contributed by atoms with Crippen molar-refractivity contribution in [2.24, 2.45) is 4.99 Å². The number of carbonyl (C=O) groups is 3. The first-order valence-electron chi connectivity index (χ1n) is 18.2. The van der Waals surface area contributed by atoms with Crippen molar-refractivity contribution >= 4 is 46.1 Å². The fourth-order valence-electron chi connectivity index (χ4n) is 7.66. The summed E-state index contributed by atoms with van der Waals surface area (Å²) >= 11 is 1.72. The lowest BCUT2D eigenvalue weighted by Crippen LogP contribution is -2.60. The highest BCUT2D eigenvalue weighted by Gasteiger charge is 2.34. The number of rotatable bonds is 7. The summed E-state index contributed by atoms with van der Waals surface area (Å²) in [5.74, 6) is 1.55. The maximum Gasteiger partial charge on any atom is 0.253 e. The molecule has 0 bridgehead atoms. The summed E-state index contributed by atoms with van der Waals surface area (Å²) in [5, 5.41) is 16.4. The van der Waals surface area contributed by atoms with Crippen LogP contribution in [0, 0.1) is 20.8 Å². The fraction of sp³-hybridized carbons (Fsp3) is 0.317. The molecule has 2 atom stereocenters. The molecule has 5 aromatic rings. The average molecular weight is 727 g/mol. The topological polar surface area (TPSA) is 125 Å². The zero-order valence-electron chi connectivity index (χ0n) is 30.5. The molecule has 3 amide bonds. The van der Waals surface area contributed by atoms with Crippen LogP contribution >= 0.6 is 11.3 Å². The SMILES string of the molecule is CCC(=O)N1c2ccccc2[C@H](Nc2ccc(C(=O)NC3CN(C(=O)c4ccc(C5=NCc6nnc(C)n6-c6sc(C)c(C)c65)cc4)C3)cc2)C[C@@H]1C. The molecular formula is C41H42N8O3S. The van der Waals surface area contributed by atoms with Crippen LogP contribution in [0.1, 0.15) is 92.2 Å². The summed E-state index contributed by atoms with van der Waals surface area (Å²) in [7, 11) is 0. The van der Waals surface area contributed by atoms with Crippen LogP contribution in [0.25, 0.3) is 5.00 Å². The molecule has 0 radical (unpaired) electrons. The van der Waals surface area contributed by atoms with Crippen LogP contribution in [0.4, 0.5) is 11.4 Å². The summed E-state index contributed by atoms with van der Waals surface area (Å²) in [6, 6.07) is 23.2. The number of para-hydroxylation sites is 1. The molecule has 0 saturated carbocycles. The number of anilines is 2. The van der Waals surface area contributed by atoms with Crippen molar-refractivity contribution in [2.75, 3.05) is 23.3 Å². The van der Waals surface area contributed by atoms with E-state index in [1.54, 1.807) is 16.2 Å². The van der Waals surface area contributed by atoms with Crippen molar-refractivity contribution in [3.8, 4) is 5.00 Å². The number of aryl methyl sites for hydroxylation is 2. The van der Waals surface area contributed by atoms with E-state index in [-0.39, 0.29) is 35.8 Å². The van der Waals surface area contributed by atoms with E-state index in [4.69, 9.17) is 4.99 Å². The number of aromatic nitrogens is 3. The van der Waals surface area contributed by atoms with Gasteiger partial charge >= 0.3 is 0 Å². The zero-order valence-corrected chi connectivity index (χ0v) is 31.3. The van der Waals surface area contributed by atoms with Gasteiger partial charge < -0.3 is 20.4 Å². The molecular weight excluding hydrogens is 685 g/mol. The average Bonchev–Trinajstić information content (AvgIpc) is 3.60. The van der Waals surface area contributed by atoms with Crippen molar-refractivity contribution in [1.29, 1.82) is 0 Å². The maximum absolute atomic E-state index is 13.4. The minimum atomic E-state index is -0.168. The van der Waals surface area contributed by atoms with E-state index in [9.17, 15) is 14.4 Å². The number of hydrogen-bond donors (Lipinski definition) is 2. The van der Waals surface area contributed by atoms with E-state index in [0.717, 1.165) is 56.8 Å². The van der Waals surface area contributed by atoms with E-state index in [0.29, 0.717) is 37.2 Å². The van der Waals surface area contributed by atoms with Gasteiger partial charge in [-0.25, -0.2) is 0 Å². The molecule has 12 heteroatoms. The summed E-state index contributed by atoms with van der Waals surface area (Å²) in [6.07, 6.45) is 1.24. The molecule has 2 N–H and O–H groups in total. The predicted molar refractivity (Wildman–Crippen MR) is 207 cm³/mol. The molecule has 11 nitrogen and oxygen atoms in total. The lowest BCUT2D eigenvalue weighted by molar-refractivity contribution is -0.118. The second-order valence-electron chi connectivity index (χ2n) is 14.1. The Morgan fingerprint density at radius 3 is 2.36 bits per heavy atom. The molecule has 5 heterocycles. The monoisotopic (exact) mass is 726 g/mol. The Hall–Kier alpha value is -5.62. The first-order valence-corrected chi connectivity index (χ1v) is 19.0. The maximum atomic E-state index is 13.4. The number of aliphatic imine (C=N–C) groups is 1. The highest BCUT2D eigenvalue weighted by Crippen LogP contribution is 2.39. The molecule has 270 valence electrons. The Bertz CT molecular complexity index is 2270. The van der Waals surface area contributed by atoms with Crippen LogP contribution in [0.15, 0.2) is 77.8 Å². The van der Waals surface area contributed by atoms with Crippen LogP contribution in [0.3, 0.4) is 0 Å². The van der Waals surface area contributed by atoms with Gasteiger partial charge in [-0.2, -0.15) is 0 Å². The number of thiophene rings is 1. The van der Waals surface area contributed by atoms with E-state index in [1.165, 1.54) is 10.4 Å². The number of carbonyl (C=O) groups excluding carboxylic acids is 3.